The van der Waals surface area contributed by atoms with Crippen LogP contribution in [0.1, 0.15) is 33.3 Å². The van der Waals surface area contributed by atoms with E-state index in [1.54, 1.807) is 7.05 Å². The number of carbonyl (C=O) groups is 1. The Balaban J connectivity index is 2.50. The van der Waals surface area contributed by atoms with E-state index in [9.17, 15) is 4.79 Å². The van der Waals surface area contributed by atoms with Crippen LogP contribution in [-0.4, -0.2) is 36.5 Å². The van der Waals surface area contributed by atoms with Crippen LogP contribution in [0.15, 0.2) is 29.3 Å². The summed E-state index contributed by atoms with van der Waals surface area (Å²) in [6.45, 7) is 9.67. The fourth-order valence-electron chi connectivity index (χ4n) is 1.77. The molecule has 0 bridgehead atoms. The molecule has 0 saturated heterocycles. The number of rotatable bonds is 7. The first kappa shape index (κ1) is 20.4. The molecule has 0 radical (unpaired) electrons. The van der Waals surface area contributed by atoms with E-state index in [0.29, 0.717) is 6.54 Å². The minimum atomic E-state index is -0.0220. The van der Waals surface area contributed by atoms with Crippen LogP contribution in [0.4, 0.5) is 5.69 Å². The topological polar surface area (TPSA) is 65.5 Å². The Labute approximate surface area is 150 Å². The van der Waals surface area contributed by atoms with E-state index in [2.05, 4.69) is 41.0 Å². The first-order chi connectivity index (χ1) is 11.3. The SMILES string of the molecule is CN=C(NCc1ccc(NC(=O)C(C)C)cc1)NCC(C)(C)SC. The van der Waals surface area contributed by atoms with Gasteiger partial charge in [0.25, 0.3) is 0 Å². The van der Waals surface area contributed by atoms with Crippen molar-refractivity contribution in [1.29, 1.82) is 0 Å². The molecule has 24 heavy (non-hydrogen) atoms. The molecule has 0 aliphatic rings. The van der Waals surface area contributed by atoms with Crippen molar-refractivity contribution in [2.24, 2.45) is 10.9 Å². The van der Waals surface area contributed by atoms with Gasteiger partial charge in [0.1, 0.15) is 0 Å². The van der Waals surface area contributed by atoms with Crippen LogP contribution in [0.5, 0.6) is 0 Å². The van der Waals surface area contributed by atoms with Gasteiger partial charge in [-0.3, -0.25) is 9.79 Å². The number of hydrogen-bond donors (Lipinski definition) is 3. The van der Waals surface area contributed by atoms with Crippen molar-refractivity contribution in [2.45, 2.75) is 39.0 Å². The lowest BCUT2D eigenvalue weighted by atomic mass is 10.1. The molecule has 0 saturated carbocycles. The number of aliphatic imine (C=N–C) groups is 1. The molecule has 1 aromatic carbocycles. The van der Waals surface area contributed by atoms with Gasteiger partial charge in [-0.2, -0.15) is 11.8 Å². The van der Waals surface area contributed by atoms with Crippen LogP contribution in [-0.2, 0) is 11.3 Å². The molecule has 134 valence electrons. The van der Waals surface area contributed by atoms with Gasteiger partial charge >= 0.3 is 0 Å². The molecule has 0 fully saturated rings. The summed E-state index contributed by atoms with van der Waals surface area (Å²) in [6, 6.07) is 7.85. The Morgan fingerprint density at radius 2 is 1.83 bits per heavy atom. The Kier molecular flexibility index (Phi) is 8.11. The monoisotopic (exact) mass is 350 g/mol. The highest BCUT2D eigenvalue weighted by molar-refractivity contribution is 7.99. The van der Waals surface area contributed by atoms with Crippen molar-refractivity contribution >= 4 is 29.3 Å². The van der Waals surface area contributed by atoms with Crippen molar-refractivity contribution in [3.8, 4) is 0 Å². The molecule has 0 spiro atoms. The normalized spacial score (nSPS) is 12.2. The second-order valence-corrected chi connectivity index (χ2v) is 8.10. The van der Waals surface area contributed by atoms with Gasteiger partial charge in [-0.1, -0.05) is 26.0 Å². The standard InChI is InChI=1S/C18H30N4OS/c1-13(2)16(23)22-15-9-7-14(8-10-15)11-20-17(19-5)21-12-18(3,4)24-6/h7-10,13H,11-12H2,1-6H3,(H,22,23)(H2,19,20,21). The van der Waals surface area contributed by atoms with Crippen molar-refractivity contribution in [2.75, 3.05) is 25.2 Å². The van der Waals surface area contributed by atoms with E-state index in [0.717, 1.165) is 23.8 Å². The molecule has 0 aliphatic heterocycles. The molecule has 0 unspecified atom stereocenters. The third-order valence-electron chi connectivity index (χ3n) is 3.66. The number of thioether (sulfide) groups is 1. The van der Waals surface area contributed by atoms with Crippen LogP contribution in [0.25, 0.3) is 0 Å². The molecule has 1 amide bonds. The van der Waals surface area contributed by atoms with E-state index in [-0.39, 0.29) is 16.6 Å². The number of anilines is 1. The lowest BCUT2D eigenvalue weighted by Gasteiger charge is -2.23. The number of nitrogens with zero attached hydrogens (tertiary/aromatic N) is 1. The second-order valence-electron chi connectivity index (χ2n) is 6.58. The highest BCUT2D eigenvalue weighted by Crippen LogP contribution is 2.19. The van der Waals surface area contributed by atoms with E-state index in [1.165, 1.54) is 0 Å². The van der Waals surface area contributed by atoms with Crippen LogP contribution in [0.3, 0.4) is 0 Å². The summed E-state index contributed by atoms with van der Waals surface area (Å²) < 4.78 is 0.161. The molecule has 0 heterocycles. The largest absolute Gasteiger partial charge is 0.355 e. The highest BCUT2D eigenvalue weighted by atomic mass is 32.2. The number of nitrogens with one attached hydrogen (secondary N) is 3. The first-order valence-electron chi connectivity index (χ1n) is 8.17. The summed E-state index contributed by atoms with van der Waals surface area (Å²) in [5.74, 6) is 0.794. The van der Waals surface area contributed by atoms with E-state index in [4.69, 9.17) is 0 Å². The Morgan fingerprint density at radius 3 is 2.33 bits per heavy atom. The summed E-state index contributed by atoms with van der Waals surface area (Å²) >= 11 is 1.82. The maximum absolute atomic E-state index is 11.7. The summed E-state index contributed by atoms with van der Waals surface area (Å²) in [5.41, 5.74) is 1.95. The van der Waals surface area contributed by atoms with Crippen molar-refractivity contribution < 1.29 is 4.79 Å². The zero-order valence-corrected chi connectivity index (χ0v) is 16.4. The summed E-state index contributed by atoms with van der Waals surface area (Å²) in [7, 11) is 1.77. The molecule has 1 rings (SSSR count). The predicted molar refractivity (Wildman–Crippen MR) is 106 cm³/mol. The zero-order valence-electron chi connectivity index (χ0n) is 15.6. The van der Waals surface area contributed by atoms with Gasteiger partial charge in [-0.15, -0.1) is 0 Å². The van der Waals surface area contributed by atoms with Gasteiger partial charge in [0, 0.05) is 36.5 Å². The quantitative estimate of drug-likeness (QED) is 0.522. The van der Waals surface area contributed by atoms with Crippen molar-refractivity contribution in [3.63, 3.8) is 0 Å². The van der Waals surface area contributed by atoms with Crippen molar-refractivity contribution in [3.05, 3.63) is 29.8 Å². The molecular weight excluding hydrogens is 320 g/mol. The molecule has 0 aromatic heterocycles. The minimum absolute atomic E-state index is 0.0220. The molecule has 6 heteroatoms. The number of hydrogen-bond acceptors (Lipinski definition) is 3. The summed E-state index contributed by atoms with van der Waals surface area (Å²) in [6.07, 6.45) is 2.11. The van der Waals surface area contributed by atoms with Gasteiger partial charge in [-0.25, -0.2) is 0 Å². The smallest absolute Gasteiger partial charge is 0.226 e. The van der Waals surface area contributed by atoms with Gasteiger partial charge < -0.3 is 16.0 Å². The molecule has 5 nitrogen and oxygen atoms in total. The zero-order chi connectivity index (χ0) is 18.2. The van der Waals surface area contributed by atoms with E-state index < -0.39 is 0 Å². The molecule has 0 atom stereocenters. The van der Waals surface area contributed by atoms with Crippen LogP contribution in [0, 0.1) is 5.92 Å². The maximum Gasteiger partial charge on any atom is 0.226 e. The third-order valence-corrected chi connectivity index (χ3v) is 4.91. The van der Waals surface area contributed by atoms with Gasteiger partial charge in [-0.05, 0) is 37.8 Å². The number of benzene rings is 1. The van der Waals surface area contributed by atoms with E-state index in [1.807, 2.05) is 49.9 Å². The van der Waals surface area contributed by atoms with Crippen LogP contribution < -0.4 is 16.0 Å². The molecular formula is C18H30N4OS. The minimum Gasteiger partial charge on any atom is -0.355 e. The fraction of sp³-hybridized carbons (Fsp3) is 0.556. The van der Waals surface area contributed by atoms with Crippen molar-refractivity contribution in [1.82, 2.24) is 10.6 Å². The maximum atomic E-state index is 11.7. The third kappa shape index (κ3) is 7.25. The van der Waals surface area contributed by atoms with Gasteiger partial charge in [0.15, 0.2) is 5.96 Å². The Bertz CT molecular complexity index is 553. The predicted octanol–water partition coefficient (Wildman–Crippen LogP) is 3.09. The van der Waals surface area contributed by atoms with Crippen LogP contribution >= 0.6 is 11.8 Å². The van der Waals surface area contributed by atoms with Gasteiger partial charge in [0.2, 0.25) is 5.91 Å². The Morgan fingerprint density at radius 1 is 1.21 bits per heavy atom. The molecule has 1 aromatic rings. The number of guanidine groups is 1. The summed E-state index contributed by atoms with van der Waals surface area (Å²) in [4.78, 5) is 15.9. The van der Waals surface area contributed by atoms with Gasteiger partial charge in [0.05, 0.1) is 0 Å². The van der Waals surface area contributed by atoms with Crippen LogP contribution in [0.2, 0.25) is 0 Å². The Hall–Kier alpha value is -1.69. The number of amides is 1. The highest BCUT2D eigenvalue weighted by Gasteiger charge is 2.16. The average Bonchev–Trinajstić information content (AvgIpc) is 2.56. The number of carbonyl (C=O) groups excluding carboxylic acids is 1. The average molecular weight is 351 g/mol. The summed E-state index contributed by atoms with van der Waals surface area (Å²) in [5, 5.41) is 9.54. The second kappa shape index (κ2) is 9.57. The molecule has 0 aliphatic carbocycles. The fourth-order valence-corrected chi connectivity index (χ4v) is 1.98. The lowest BCUT2D eigenvalue weighted by molar-refractivity contribution is -0.118. The van der Waals surface area contributed by atoms with E-state index >= 15 is 0 Å². The molecule has 3 N–H and O–H groups in total. The lowest BCUT2D eigenvalue weighted by Crippen LogP contribution is -2.42. The first-order valence-corrected chi connectivity index (χ1v) is 9.39.